The van der Waals surface area contributed by atoms with Gasteiger partial charge in [-0.05, 0) is 65.9 Å². The van der Waals surface area contributed by atoms with Crippen molar-refractivity contribution < 1.29 is 32.3 Å². The number of halogens is 2. The Bertz CT molecular complexity index is 1360. The first-order chi connectivity index (χ1) is 18.8. The van der Waals surface area contributed by atoms with Crippen molar-refractivity contribution in [2.45, 2.75) is 28.9 Å². The summed E-state index contributed by atoms with van der Waals surface area (Å²) in [5.74, 6) is -0.701. The third-order valence-electron chi connectivity index (χ3n) is 7.20. The summed E-state index contributed by atoms with van der Waals surface area (Å²) in [5.41, 5.74) is 4.52. The van der Waals surface area contributed by atoms with Crippen LogP contribution in [0.1, 0.15) is 18.4 Å². The molecule has 1 aliphatic heterocycles. The van der Waals surface area contributed by atoms with E-state index in [4.69, 9.17) is 9.47 Å². The third-order valence-corrected chi connectivity index (χ3v) is 9.72. The maximum absolute atomic E-state index is 13.6. The lowest BCUT2D eigenvalue weighted by atomic mass is 9.95. The lowest BCUT2D eigenvalue weighted by Crippen LogP contribution is -2.57. The molecular weight excluding hydrogens is 559 g/mol. The highest BCUT2D eigenvalue weighted by atomic mass is 35.5. The fourth-order valence-corrected chi connectivity index (χ4v) is 6.81. The number of hydrogen-bond donors (Lipinski definition) is 2. The number of amides is 1. The number of carbonyl (C=O) groups excluding carboxylic acids is 1. The molecule has 0 atom stereocenters. The standard InChI is InChI=1S/C29H33FN2O6S.ClH/c1-37-20-18-32-16-14-29(15-17-32,28(33)31-34)39(35,36)27-11-9-26(10-12-27)38-19-13-22-3-2-4-24(21-22)23-5-7-25(30)8-6-23;/h2-12,21,34H,13-20H2,1H3,(H,31,33);1H. The lowest BCUT2D eigenvalue weighted by Gasteiger charge is -2.39. The average Bonchev–Trinajstić information content (AvgIpc) is 2.96. The topological polar surface area (TPSA) is 105 Å². The number of methoxy groups -OCH3 is 1. The first kappa shape index (κ1) is 31.5. The summed E-state index contributed by atoms with van der Waals surface area (Å²) >= 11 is 0. The second-order valence-corrected chi connectivity index (χ2v) is 11.8. The van der Waals surface area contributed by atoms with Crippen molar-refractivity contribution in [2.24, 2.45) is 0 Å². The van der Waals surface area contributed by atoms with Crippen LogP contribution in [-0.4, -0.2) is 69.1 Å². The van der Waals surface area contributed by atoms with Crippen molar-refractivity contribution in [2.75, 3.05) is 40.0 Å². The van der Waals surface area contributed by atoms with Crippen LogP contribution >= 0.6 is 12.4 Å². The van der Waals surface area contributed by atoms with Crippen molar-refractivity contribution >= 4 is 28.2 Å². The predicted molar refractivity (Wildman–Crippen MR) is 152 cm³/mol. The van der Waals surface area contributed by atoms with Gasteiger partial charge in [0.05, 0.1) is 18.1 Å². The van der Waals surface area contributed by atoms with Gasteiger partial charge in [-0.1, -0.05) is 36.4 Å². The highest BCUT2D eigenvalue weighted by Gasteiger charge is 2.52. The first-order valence-corrected chi connectivity index (χ1v) is 14.3. The van der Waals surface area contributed by atoms with E-state index in [1.165, 1.54) is 24.3 Å². The monoisotopic (exact) mass is 592 g/mol. The predicted octanol–water partition coefficient (Wildman–Crippen LogP) is 4.30. The van der Waals surface area contributed by atoms with Crippen LogP contribution in [0, 0.1) is 5.82 Å². The number of nitrogens with zero attached hydrogens (tertiary/aromatic N) is 1. The smallest absolute Gasteiger partial charge is 0.265 e. The van der Waals surface area contributed by atoms with E-state index in [0.29, 0.717) is 45.0 Å². The number of rotatable bonds is 11. The molecule has 3 aromatic carbocycles. The Morgan fingerprint density at radius 2 is 1.68 bits per heavy atom. The molecule has 0 aliphatic carbocycles. The lowest BCUT2D eigenvalue weighted by molar-refractivity contribution is -0.133. The van der Waals surface area contributed by atoms with Crippen molar-refractivity contribution in [1.29, 1.82) is 0 Å². The van der Waals surface area contributed by atoms with Gasteiger partial charge >= 0.3 is 0 Å². The van der Waals surface area contributed by atoms with Crippen LogP contribution < -0.4 is 10.2 Å². The molecule has 1 heterocycles. The van der Waals surface area contributed by atoms with Gasteiger partial charge in [0, 0.05) is 33.2 Å². The zero-order valence-electron chi connectivity index (χ0n) is 22.2. The quantitative estimate of drug-likeness (QED) is 0.253. The van der Waals surface area contributed by atoms with Gasteiger partial charge in [0.1, 0.15) is 11.6 Å². The van der Waals surface area contributed by atoms with E-state index in [1.54, 1.807) is 36.9 Å². The highest BCUT2D eigenvalue weighted by molar-refractivity contribution is 7.93. The van der Waals surface area contributed by atoms with Crippen LogP contribution in [0.15, 0.2) is 77.7 Å². The molecule has 0 aromatic heterocycles. The van der Waals surface area contributed by atoms with Gasteiger partial charge in [-0.2, -0.15) is 0 Å². The van der Waals surface area contributed by atoms with Crippen LogP contribution in [0.5, 0.6) is 5.75 Å². The van der Waals surface area contributed by atoms with Gasteiger partial charge in [0.2, 0.25) is 0 Å². The van der Waals surface area contributed by atoms with Gasteiger partial charge in [0.25, 0.3) is 5.91 Å². The third kappa shape index (κ3) is 7.00. The molecule has 0 unspecified atom stereocenters. The van der Waals surface area contributed by atoms with Crippen molar-refractivity contribution in [3.05, 3.63) is 84.2 Å². The summed E-state index contributed by atoms with van der Waals surface area (Å²) in [6.07, 6.45) is 0.732. The molecule has 0 spiro atoms. The van der Waals surface area contributed by atoms with E-state index in [9.17, 15) is 22.8 Å². The number of carbonyl (C=O) groups is 1. The molecule has 2 N–H and O–H groups in total. The van der Waals surface area contributed by atoms with Crippen molar-refractivity contribution in [3.8, 4) is 16.9 Å². The SMILES string of the molecule is COCCN1CCC(C(=O)NO)(S(=O)(=O)c2ccc(OCCc3cccc(-c4ccc(F)cc4)c3)cc2)CC1.Cl. The number of nitrogens with one attached hydrogen (secondary N) is 1. The summed E-state index contributed by atoms with van der Waals surface area (Å²) < 4.78 is 49.7. The maximum atomic E-state index is 13.6. The highest BCUT2D eigenvalue weighted by Crippen LogP contribution is 2.36. The van der Waals surface area contributed by atoms with E-state index < -0.39 is 20.5 Å². The van der Waals surface area contributed by atoms with E-state index in [2.05, 4.69) is 0 Å². The van der Waals surface area contributed by atoms with Crippen molar-refractivity contribution in [1.82, 2.24) is 10.4 Å². The minimum Gasteiger partial charge on any atom is -0.493 e. The molecule has 40 heavy (non-hydrogen) atoms. The molecule has 216 valence electrons. The zero-order valence-corrected chi connectivity index (χ0v) is 23.8. The number of piperidine rings is 1. The van der Waals surface area contributed by atoms with Crippen LogP contribution in [-0.2, 0) is 25.8 Å². The average molecular weight is 593 g/mol. The summed E-state index contributed by atoms with van der Waals surface area (Å²) in [7, 11) is -2.51. The number of hydroxylamine groups is 1. The second-order valence-electron chi connectivity index (χ2n) is 9.55. The van der Waals surface area contributed by atoms with Gasteiger partial charge in [-0.15, -0.1) is 12.4 Å². The molecular formula is C29H34ClFN2O6S. The number of sulfone groups is 1. The largest absolute Gasteiger partial charge is 0.493 e. The van der Waals surface area contributed by atoms with Gasteiger partial charge in [-0.25, -0.2) is 18.3 Å². The first-order valence-electron chi connectivity index (χ1n) is 12.8. The summed E-state index contributed by atoms with van der Waals surface area (Å²) in [6, 6.07) is 20.2. The van der Waals surface area contributed by atoms with Crippen LogP contribution in [0.3, 0.4) is 0 Å². The van der Waals surface area contributed by atoms with E-state index in [0.717, 1.165) is 16.7 Å². The molecule has 1 saturated heterocycles. The van der Waals surface area contributed by atoms with E-state index in [-0.39, 0.29) is 36.0 Å². The number of likely N-dealkylation sites (tertiary alicyclic amines) is 1. The Morgan fingerprint density at radius 1 is 1.00 bits per heavy atom. The molecule has 1 amide bonds. The zero-order chi connectivity index (χ0) is 27.9. The normalized spacial score (nSPS) is 15.2. The minimum absolute atomic E-state index is 0. The summed E-state index contributed by atoms with van der Waals surface area (Å²) in [5, 5.41) is 9.37. The molecule has 4 rings (SSSR count). The molecule has 8 nitrogen and oxygen atoms in total. The minimum atomic E-state index is -4.10. The fraction of sp³-hybridized carbons (Fsp3) is 0.345. The van der Waals surface area contributed by atoms with E-state index in [1.807, 2.05) is 29.2 Å². The summed E-state index contributed by atoms with van der Waals surface area (Å²) in [6.45, 7) is 2.29. The molecule has 0 bridgehead atoms. The Kier molecular flexibility index (Phi) is 11.1. The molecule has 1 aliphatic rings. The van der Waals surface area contributed by atoms with Gasteiger partial charge in [-0.3, -0.25) is 10.0 Å². The molecule has 0 saturated carbocycles. The van der Waals surface area contributed by atoms with Gasteiger partial charge < -0.3 is 14.4 Å². The Hall–Kier alpha value is -3.02. The number of hydrogen-bond acceptors (Lipinski definition) is 7. The molecule has 3 aromatic rings. The molecule has 11 heteroatoms. The van der Waals surface area contributed by atoms with Crippen LogP contribution in [0.4, 0.5) is 4.39 Å². The Labute approximate surface area is 240 Å². The maximum Gasteiger partial charge on any atom is 0.265 e. The van der Waals surface area contributed by atoms with Crippen LogP contribution in [0.2, 0.25) is 0 Å². The summed E-state index contributed by atoms with van der Waals surface area (Å²) in [4.78, 5) is 14.7. The molecule has 0 radical (unpaired) electrons. The Morgan fingerprint density at radius 3 is 2.30 bits per heavy atom. The van der Waals surface area contributed by atoms with Crippen molar-refractivity contribution in [3.63, 3.8) is 0 Å². The second kappa shape index (κ2) is 14.0. The number of benzene rings is 3. The van der Waals surface area contributed by atoms with Crippen LogP contribution in [0.25, 0.3) is 11.1 Å². The molecule has 1 fully saturated rings. The Balaban J connectivity index is 0.00000441. The van der Waals surface area contributed by atoms with Gasteiger partial charge in [0.15, 0.2) is 14.6 Å². The van der Waals surface area contributed by atoms with E-state index >= 15 is 0 Å². The number of ether oxygens (including phenoxy) is 2. The fourth-order valence-electron chi connectivity index (χ4n) is 4.85.